The summed E-state index contributed by atoms with van der Waals surface area (Å²) in [6, 6.07) is 5.65. The van der Waals surface area contributed by atoms with Crippen molar-refractivity contribution in [1.29, 1.82) is 0 Å². The Morgan fingerprint density at radius 3 is 2.35 bits per heavy atom. The van der Waals surface area contributed by atoms with Gasteiger partial charge in [0.1, 0.15) is 11.2 Å². The van der Waals surface area contributed by atoms with Gasteiger partial charge in [-0.1, -0.05) is 6.07 Å². The van der Waals surface area contributed by atoms with Crippen LogP contribution in [0.3, 0.4) is 0 Å². The summed E-state index contributed by atoms with van der Waals surface area (Å²) < 4.78 is 16.6. The quantitative estimate of drug-likeness (QED) is 0.917. The van der Waals surface area contributed by atoms with Gasteiger partial charge in [-0.15, -0.1) is 0 Å². The fraction of sp³-hybridized carbons (Fsp3) is 0.533. The number of hydrogen-bond acceptors (Lipinski definition) is 4. The molecule has 0 radical (unpaired) electrons. The van der Waals surface area contributed by atoms with Crippen LogP contribution in [0.2, 0.25) is 0 Å². The molecule has 0 spiro atoms. The molecule has 1 heterocycles. The summed E-state index contributed by atoms with van der Waals surface area (Å²) in [5, 5.41) is 2.89. The van der Waals surface area contributed by atoms with E-state index in [4.69, 9.17) is 14.2 Å². The topological polar surface area (TPSA) is 56.8 Å². The standard InChI is InChI=1S/C15H21NO4/c1-14(2)13(17)16-9-15(3,20-14)10-6-7-11(18-4)12(8-10)19-5/h6-8H,9H2,1-5H3,(H,16,17). The first-order valence-electron chi connectivity index (χ1n) is 6.53. The van der Waals surface area contributed by atoms with Crippen LogP contribution in [0.1, 0.15) is 26.3 Å². The van der Waals surface area contributed by atoms with Crippen molar-refractivity contribution in [2.75, 3.05) is 20.8 Å². The molecule has 1 fully saturated rings. The van der Waals surface area contributed by atoms with Gasteiger partial charge in [0.05, 0.1) is 20.8 Å². The minimum Gasteiger partial charge on any atom is -0.493 e. The highest BCUT2D eigenvalue weighted by molar-refractivity contribution is 5.85. The molecule has 110 valence electrons. The van der Waals surface area contributed by atoms with E-state index in [1.807, 2.05) is 25.1 Å². The molecular formula is C15H21NO4. The number of benzene rings is 1. The van der Waals surface area contributed by atoms with Crippen LogP contribution in [0.5, 0.6) is 11.5 Å². The third kappa shape index (κ3) is 2.45. The molecule has 0 bridgehead atoms. The molecule has 20 heavy (non-hydrogen) atoms. The maximum Gasteiger partial charge on any atom is 0.251 e. The lowest BCUT2D eigenvalue weighted by Gasteiger charge is -2.43. The summed E-state index contributed by atoms with van der Waals surface area (Å²) in [6.07, 6.45) is 0. The molecule has 2 rings (SSSR count). The molecule has 1 saturated heterocycles. The van der Waals surface area contributed by atoms with E-state index in [0.717, 1.165) is 5.56 Å². The lowest BCUT2D eigenvalue weighted by atomic mass is 9.91. The Morgan fingerprint density at radius 2 is 1.80 bits per heavy atom. The van der Waals surface area contributed by atoms with Gasteiger partial charge in [-0.2, -0.15) is 0 Å². The lowest BCUT2D eigenvalue weighted by molar-refractivity contribution is -0.182. The summed E-state index contributed by atoms with van der Waals surface area (Å²) in [4.78, 5) is 11.8. The normalized spacial score (nSPS) is 24.9. The van der Waals surface area contributed by atoms with Crippen LogP contribution in [0, 0.1) is 0 Å². The maximum absolute atomic E-state index is 11.8. The van der Waals surface area contributed by atoms with Crippen LogP contribution >= 0.6 is 0 Å². The number of amides is 1. The Kier molecular flexibility index (Phi) is 3.65. The van der Waals surface area contributed by atoms with Gasteiger partial charge in [0.25, 0.3) is 5.91 Å². The van der Waals surface area contributed by atoms with Crippen LogP contribution in [-0.2, 0) is 15.1 Å². The van der Waals surface area contributed by atoms with Crippen molar-refractivity contribution in [1.82, 2.24) is 5.32 Å². The first kappa shape index (κ1) is 14.7. The molecule has 5 nitrogen and oxygen atoms in total. The van der Waals surface area contributed by atoms with Crippen LogP contribution < -0.4 is 14.8 Å². The van der Waals surface area contributed by atoms with Crippen molar-refractivity contribution in [3.8, 4) is 11.5 Å². The summed E-state index contributed by atoms with van der Waals surface area (Å²) in [5.74, 6) is 1.21. The van der Waals surface area contributed by atoms with Gasteiger partial charge in [-0.25, -0.2) is 0 Å². The Labute approximate surface area is 119 Å². The van der Waals surface area contributed by atoms with Crippen LogP contribution in [0.4, 0.5) is 0 Å². The second-order valence-electron chi connectivity index (χ2n) is 5.60. The lowest BCUT2D eigenvalue weighted by Crippen LogP contribution is -2.58. The zero-order chi connectivity index (χ0) is 15.0. The molecular weight excluding hydrogens is 258 g/mol. The summed E-state index contributed by atoms with van der Waals surface area (Å²) in [5.41, 5.74) is -0.528. The minimum atomic E-state index is -0.861. The van der Waals surface area contributed by atoms with E-state index in [-0.39, 0.29) is 5.91 Å². The fourth-order valence-electron chi connectivity index (χ4n) is 2.43. The third-order valence-corrected chi connectivity index (χ3v) is 3.61. The molecule has 0 aromatic heterocycles. The number of nitrogens with one attached hydrogen (secondary N) is 1. The van der Waals surface area contributed by atoms with Crippen molar-refractivity contribution >= 4 is 5.91 Å². The Morgan fingerprint density at radius 1 is 1.15 bits per heavy atom. The van der Waals surface area contributed by atoms with E-state index < -0.39 is 11.2 Å². The highest BCUT2D eigenvalue weighted by Gasteiger charge is 2.44. The number of hydrogen-bond donors (Lipinski definition) is 1. The van der Waals surface area contributed by atoms with Crippen LogP contribution in [0.25, 0.3) is 0 Å². The van der Waals surface area contributed by atoms with Gasteiger partial charge < -0.3 is 19.5 Å². The SMILES string of the molecule is COc1ccc(C2(C)CNC(=O)C(C)(C)O2)cc1OC. The molecule has 1 N–H and O–H groups in total. The molecule has 1 aromatic rings. The van der Waals surface area contributed by atoms with Crippen molar-refractivity contribution < 1.29 is 19.0 Å². The first-order valence-corrected chi connectivity index (χ1v) is 6.53. The van der Waals surface area contributed by atoms with E-state index in [1.165, 1.54) is 0 Å². The van der Waals surface area contributed by atoms with E-state index in [0.29, 0.717) is 18.0 Å². The highest BCUT2D eigenvalue weighted by Crippen LogP contribution is 2.37. The second kappa shape index (κ2) is 4.98. The molecule has 5 heteroatoms. The molecule has 0 aliphatic carbocycles. The van der Waals surface area contributed by atoms with Gasteiger partial charge in [0.15, 0.2) is 11.5 Å². The van der Waals surface area contributed by atoms with Gasteiger partial charge in [0.2, 0.25) is 0 Å². The van der Waals surface area contributed by atoms with Crippen molar-refractivity contribution in [2.24, 2.45) is 0 Å². The van der Waals surface area contributed by atoms with Crippen LogP contribution in [-0.4, -0.2) is 32.3 Å². The van der Waals surface area contributed by atoms with E-state index >= 15 is 0 Å². The zero-order valence-electron chi connectivity index (χ0n) is 12.6. The molecule has 1 amide bonds. The van der Waals surface area contributed by atoms with Gasteiger partial charge in [0, 0.05) is 0 Å². The first-order chi connectivity index (χ1) is 9.32. The van der Waals surface area contributed by atoms with Gasteiger partial charge in [-0.3, -0.25) is 4.79 Å². The molecule has 1 unspecified atom stereocenters. The largest absolute Gasteiger partial charge is 0.493 e. The molecule has 1 aliphatic rings. The number of ether oxygens (including phenoxy) is 3. The van der Waals surface area contributed by atoms with E-state index in [2.05, 4.69) is 5.32 Å². The zero-order valence-corrected chi connectivity index (χ0v) is 12.6. The third-order valence-electron chi connectivity index (χ3n) is 3.61. The van der Waals surface area contributed by atoms with Crippen molar-refractivity contribution in [3.05, 3.63) is 23.8 Å². The predicted octanol–water partition coefficient (Wildman–Crippen LogP) is 1.84. The van der Waals surface area contributed by atoms with Crippen molar-refractivity contribution in [3.63, 3.8) is 0 Å². The Hall–Kier alpha value is -1.75. The highest BCUT2D eigenvalue weighted by atomic mass is 16.5. The van der Waals surface area contributed by atoms with Gasteiger partial charge in [-0.05, 0) is 38.5 Å². The van der Waals surface area contributed by atoms with Gasteiger partial charge >= 0.3 is 0 Å². The average Bonchev–Trinajstić information content (AvgIpc) is 2.42. The summed E-state index contributed by atoms with van der Waals surface area (Å²) in [6.45, 7) is 5.90. The number of morpholine rings is 1. The predicted molar refractivity (Wildman–Crippen MR) is 75.1 cm³/mol. The summed E-state index contributed by atoms with van der Waals surface area (Å²) in [7, 11) is 3.19. The number of carbonyl (C=O) groups excluding carboxylic acids is 1. The molecule has 1 atom stereocenters. The van der Waals surface area contributed by atoms with Crippen LogP contribution in [0.15, 0.2) is 18.2 Å². The minimum absolute atomic E-state index is 0.101. The van der Waals surface area contributed by atoms with E-state index in [9.17, 15) is 4.79 Å². The number of rotatable bonds is 3. The molecule has 0 saturated carbocycles. The monoisotopic (exact) mass is 279 g/mol. The number of methoxy groups -OCH3 is 2. The molecule has 1 aliphatic heterocycles. The van der Waals surface area contributed by atoms with E-state index in [1.54, 1.807) is 28.1 Å². The fourth-order valence-corrected chi connectivity index (χ4v) is 2.43. The Bertz CT molecular complexity index is 527. The summed E-state index contributed by atoms with van der Waals surface area (Å²) >= 11 is 0. The van der Waals surface area contributed by atoms with Crippen molar-refractivity contribution in [2.45, 2.75) is 32.0 Å². The second-order valence-corrected chi connectivity index (χ2v) is 5.60. The average molecular weight is 279 g/mol. The smallest absolute Gasteiger partial charge is 0.251 e. The molecule has 1 aromatic carbocycles. The number of carbonyl (C=O) groups is 1. The Balaban J connectivity index is 2.37. The maximum atomic E-state index is 11.8.